The molecule has 0 bridgehead atoms. The predicted molar refractivity (Wildman–Crippen MR) is 62.5 cm³/mol. The molecule has 0 spiro atoms. The van der Waals surface area contributed by atoms with Crippen LogP contribution in [0.5, 0.6) is 0 Å². The third-order valence-corrected chi connectivity index (χ3v) is 2.08. The summed E-state index contributed by atoms with van der Waals surface area (Å²) < 4.78 is 4.87. The first-order valence-corrected chi connectivity index (χ1v) is 5.55. The molecular formula is C11H13N5O2. The van der Waals surface area contributed by atoms with E-state index in [1.807, 2.05) is 13.8 Å². The molecule has 0 fully saturated rings. The van der Waals surface area contributed by atoms with E-state index in [4.69, 9.17) is 4.52 Å². The van der Waals surface area contributed by atoms with Crippen molar-refractivity contribution in [3.05, 3.63) is 24.5 Å². The first-order chi connectivity index (χ1) is 8.66. The Bertz CT molecular complexity index is 523. The molecular weight excluding hydrogens is 234 g/mol. The highest BCUT2D eigenvalue weighted by Crippen LogP contribution is 2.10. The lowest BCUT2D eigenvalue weighted by Gasteiger charge is -2.03. The molecule has 0 saturated carbocycles. The average Bonchev–Trinajstić information content (AvgIpc) is 2.86. The number of nitrogens with one attached hydrogen (secondary N) is 1. The van der Waals surface area contributed by atoms with Gasteiger partial charge in [-0.05, 0) is 5.92 Å². The Balaban J connectivity index is 2.09. The summed E-state index contributed by atoms with van der Waals surface area (Å²) in [6.45, 7) is 4.56. The van der Waals surface area contributed by atoms with Gasteiger partial charge < -0.3 is 9.84 Å². The smallest absolute Gasteiger partial charge is 0.316 e. The molecule has 0 aliphatic rings. The number of carbonyl (C=O) groups excluding carboxylic acids is 1. The fourth-order valence-corrected chi connectivity index (χ4v) is 1.21. The standard InChI is InChI=1S/C11H13N5O2/c1-7(2)5-14-10(17)11-15-9(16-18-11)8-6-12-3-4-13-8/h3-4,6-7H,5H2,1-2H3,(H,14,17). The number of carbonyl (C=O) groups is 1. The minimum atomic E-state index is -0.383. The second-order valence-electron chi connectivity index (χ2n) is 4.12. The molecule has 2 rings (SSSR count). The van der Waals surface area contributed by atoms with E-state index in [0.29, 0.717) is 18.2 Å². The minimum Gasteiger partial charge on any atom is -0.348 e. The first kappa shape index (κ1) is 12.2. The van der Waals surface area contributed by atoms with Gasteiger partial charge in [-0.15, -0.1) is 0 Å². The molecule has 1 amide bonds. The topological polar surface area (TPSA) is 93.8 Å². The van der Waals surface area contributed by atoms with Crippen molar-refractivity contribution >= 4 is 5.91 Å². The highest BCUT2D eigenvalue weighted by Gasteiger charge is 2.16. The molecule has 7 nitrogen and oxygen atoms in total. The van der Waals surface area contributed by atoms with Crippen LogP contribution in [0.2, 0.25) is 0 Å². The highest BCUT2D eigenvalue weighted by molar-refractivity contribution is 5.89. The molecule has 0 radical (unpaired) electrons. The highest BCUT2D eigenvalue weighted by atomic mass is 16.5. The zero-order valence-electron chi connectivity index (χ0n) is 10.1. The lowest BCUT2D eigenvalue weighted by atomic mass is 10.2. The summed E-state index contributed by atoms with van der Waals surface area (Å²) in [7, 11) is 0. The van der Waals surface area contributed by atoms with Crippen LogP contribution in [0.1, 0.15) is 24.5 Å². The molecule has 0 aliphatic carbocycles. The monoisotopic (exact) mass is 247 g/mol. The van der Waals surface area contributed by atoms with Gasteiger partial charge in [0, 0.05) is 18.9 Å². The van der Waals surface area contributed by atoms with Crippen molar-refractivity contribution in [2.75, 3.05) is 6.54 Å². The van der Waals surface area contributed by atoms with Gasteiger partial charge in [0.2, 0.25) is 5.82 Å². The van der Waals surface area contributed by atoms with Crippen LogP contribution in [0.3, 0.4) is 0 Å². The van der Waals surface area contributed by atoms with Crippen LogP contribution in [-0.2, 0) is 0 Å². The maximum absolute atomic E-state index is 11.7. The van der Waals surface area contributed by atoms with E-state index in [9.17, 15) is 4.79 Å². The summed E-state index contributed by atoms with van der Waals surface area (Å²) in [5.41, 5.74) is 0.462. The molecule has 2 heterocycles. The van der Waals surface area contributed by atoms with Gasteiger partial charge in [-0.3, -0.25) is 9.78 Å². The number of amides is 1. The minimum absolute atomic E-state index is 0.0729. The number of aromatic nitrogens is 4. The zero-order chi connectivity index (χ0) is 13.0. The third-order valence-electron chi connectivity index (χ3n) is 2.08. The van der Waals surface area contributed by atoms with Crippen LogP contribution in [-0.4, -0.2) is 32.6 Å². The lowest BCUT2D eigenvalue weighted by Crippen LogP contribution is -2.27. The van der Waals surface area contributed by atoms with Gasteiger partial charge in [-0.2, -0.15) is 4.98 Å². The summed E-state index contributed by atoms with van der Waals surface area (Å²) in [5.74, 6) is 0.150. The molecule has 94 valence electrons. The number of rotatable bonds is 4. The Hall–Kier alpha value is -2.31. The Morgan fingerprint density at radius 2 is 2.28 bits per heavy atom. The van der Waals surface area contributed by atoms with E-state index in [2.05, 4.69) is 25.4 Å². The molecule has 1 N–H and O–H groups in total. The van der Waals surface area contributed by atoms with E-state index in [1.54, 1.807) is 6.20 Å². The van der Waals surface area contributed by atoms with E-state index < -0.39 is 0 Å². The zero-order valence-corrected chi connectivity index (χ0v) is 10.1. The lowest BCUT2D eigenvalue weighted by molar-refractivity contribution is 0.0905. The van der Waals surface area contributed by atoms with Gasteiger partial charge in [0.25, 0.3) is 0 Å². The van der Waals surface area contributed by atoms with Gasteiger partial charge in [-0.1, -0.05) is 19.0 Å². The molecule has 0 unspecified atom stereocenters. The molecule has 0 aromatic carbocycles. The molecule has 0 atom stereocenters. The second-order valence-corrected chi connectivity index (χ2v) is 4.12. The first-order valence-electron chi connectivity index (χ1n) is 5.55. The van der Waals surface area contributed by atoms with Crippen molar-refractivity contribution in [3.8, 4) is 11.5 Å². The quantitative estimate of drug-likeness (QED) is 0.863. The van der Waals surface area contributed by atoms with Crippen LogP contribution < -0.4 is 5.32 Å². The maximum atomic E-state index is 11.7. The largest absolute Gasteiger partial charge is 0.348 e. The van der Waals surface area contributed by atoms with E-state index in [0.717, 1.165) is 0 Å². The SMILES string of the molecule is CC(C)CNC(=O)c1nc(-c2cnccn2)no1. The van der Waals surface area contributed by atoms with E-state index in [-0.39, 0.29) is 17.6 Å². The Kier molecular flexibility index (Phi) is 3.61. The van der Waals surface area contributed by atoms with Crippen LogP contribution >= 0.6 is 0 Å². The van der Waals surface area contributed by atoms with Crippen molar-refractivity contribution in [3.63, 3.8) is 0 Å². The molecule has 7 heteroatoms. The Morgan fingerprint density at radius 1 is 1.44 bits per heavy atom. The molecule has 0 saturated heterocycles. The summed E-state index contributed by atoms with van der Waals surface area (Å²) in [6.07, 6.45) is 4.56. The van der Waals surface area contributed by atoms with E-state index >= 15 is 0 Å². The van der Waals surface area contributed by atoms with Gasteiger partial charge in [0.05, 0.1) is 6.20 Å². The molecule has 2 aromatic heterocycles. The number of nitrogens with zero attached hydrogens (tertiary/aromatic N) is 4. The van der Waals surface area contributed by atoms with Crippen molar-refractivity contribution in [2.24, 2.45) is 5.92 Å². The number of hydrogen-bond donors (Lipinski definition) is 1. The normalized spacial score (nSPS) is 10.6. The fourth-order valence-electron chi connectivity index (χ4n) is 1.21. The van der Waals surface area contributed by atoms with Crippen LogP contribution in [0.25, 0.3) is 11.5 Å². The van der Waals surface area contributed by atoms with Crippen LogP contribution in [0, 0.1) is 5.92 Å². The number of hydrogen-bond acceptors (Lipinski definition) is 6. The Morgan fingerprint density at radius 3 is 2.94 bits per heavy atom. The van der Waals surface area contributed by atoms with Gasteiger partial charge in [0.15, 0.2) is 0 Å². The summed E-state index contributed by atoms with van der Waals surface area (Å²) in [4.78, 5) is 23.5. The van der Waals surface area contributed by atoms with Gasteiger partial charge in [-0.25, -0.2) is 4.98 Å². The molecule has 0 aliphatic heterocycles. The van der Waals surface area contributed by atoms with Crippen LogP contribution in [0.15, 0.2) is 23.1 Å². The third kappa shape index (κ3) is 2.88. The fraction of sp³-hybridized carbons (Fsp3) is 0.364. The van der Waals surface area contributed by atoms with Gasteiger partial charge >= 0.3 is 11.8 Å². The van der Waals surface area contributed by atoms with Crippen molar-refractivity contribution in [1.29, 1.82) is 0 Å². The predicted octanol–water partition coefficient (Wildman–Crippen LogP) is 0.912. The second kappa shape index (κ2) is 5.35. The van der Waals surface area contributed by atoms with Crippen molar-refractivity contribution in [1.82, 2.24) is 25.4 Å². The van der Waals surface area contributed by atoms with Gasteiger partial charge in [0.1, 0.15) is 5.69 Å². The van der Waals surface area contributed by atoms with E-state index in [1.165, 1.54) is 12.4 Å². The van der Waals surface area contributed by atoms with Crippen LogP contribution in [0.4, 0.5) is 0 Å². The molecule has 2 aromatic rings. The van der Waals surface area contributed by atoms with Crippen molar-refractivity contribution in [2.45, 2.75) is 13.8 Å². The average molecular weight is 247 g/mol. The Labute approximate surface area is 104 Å². The molecule has 18 heavy (non-hydrogen) atoms. The van der Waals surface area contributed by atoms with Crippen molar-refractivity contribution < 1.29 is 9.32 Å². The summed E-state index contributed by atoms with van der Waals surface area (Å²) in [5, 5.41) is 6.38. The maximum Gasteiger partial charge on any atom is 0.316 e. The summed E-state index contributed by atoms with van der Waals surface area (Å²) in [6, 6.07) is 0. The summed E-state index contributed by atoms with van der Waals surface area (Å²) >= 11 is 0.